The molecule has 0 unspecified atom stereocenters. The van der Waals surface area contributed by atoms with Crippen molar-refractivity contribution >= 4 is 34.9 Å². The van der Waals surface area contributed by atoms with Gasteiger partial charge in [0.15, 0.2) is 5.17 Å². The van der Waals surface area contributed by atoms with Crippen LogP contribution < -0.4 is 4.74 Å². The highest BCUT2D eigenvalue weighted by Gasteiger charge is 2.32. The number of thioether (sulfide) groups is 1. The summed E-state index contributed by atoms with van der Waals surface area (Å²) in [5.74, 6) is 0.251. The Morgan fingerprint density at radius 1 is 1.30 bits per heavy atom. The zero-order valence-corrected chi connectivity index (χ0v) is 16.5. The van der Waals surface area contributed by atoms with Crippen LogP contribution in [0.4, 0.5) is 0 Å². The van der Waals surface area contributed by atoms with Crippen molar-refractivity contribution in [2.45, 2.75) is 26.7 Å². The lowest BCUT2D eigenvalue weighted by Crippen LogP contribution is -2.41. The first-order valence-electron chi connectivity index (χ1n) is 9.27. The summed E-state index contributed by atoms with van der Waals surface area (Å²) in [7, 11) is 0. The van der Waals surface area contributed by atoms with E-state index in [4.69, 9.17) is 9.47 Å². The van der Waals surface area contributed by atoms with Gasteiger partial charge >= 0.3 is 5.97 Å². The minimum atomic E-state index is -0.234. The van der Waals surface area contributed by atoms with Gasteiger partial charge in [-0.15, -0.1) is 0 Å². The highest BCUT2D eigenvalue weighted by molar-refractivity contribution is 8.18. The normalized spacial score (nSPS) is 21.3. The molecule has 1 atom stereocenters. The summed E-state index contributed by atoms with van der Waals surface area (Å²) in [5, 5.41) is 0.672. The van der Waals surface area contributed by atoms with Crippen LogP contribution in [0.15, 0.2) is 34.2 Å². The summed E-state index contributed by atoms with van der Waals surface area (Å²) in [6.45, 7) is 6.11. The third kappa shape index (κ3) is 4.91. The van der Waals surface area contributed by atoms with Gasteiger partial charge in [-0.2, -0.15) is 4.99 Å². The molecule has 0 N–H and O–H groups in total. The smallest absolute Gasteiger partial charge is 0.310 e. The highest BCUT2D eigenvalue weighted by Crippen LogP contribution is 2.32. The number of rotatable bonds is 5. The molecular weight excluding hydrogens is 364 g/mol. The Hall–Kier alpha value is -2.28. The number of aliphatic imine (C=N–C) groups is 1. The molecule has 27 heavy (non-hydrogen) atoms. The molecular formula is C20H24N2O4S. The first-order valence-corrected chi connectivity index (χ1v) is 10.1. The van der Waals surface area contributed by atoms with Gasteiger partial charge < -0.3 is 14.4 Å². The Bertz CT molecular complexity index is 758. The van der Waals surface area contributed by atoms with Crippen molar-refractivity contribution in [1.82, 2.24) is 4.90 Å². The predicted molar refractivity (Wildman–Crippen MR) is 107 cm³/mol. The lowest BCUT2D eigenvalue weighted by molar-refractivity contribution is -0.149. The molecule has 0 aromatic heterocycles. The number of hydrogen-bond acceptors (Lipinski definition) is 6. The Labute approximate surface area is 163 Å². The second-order valence-electron chi connectivity index (χ2n) is 6.35. The van der Waals surface area contributed by atoms with Gasteiger partial charge in [-0.05, 0) is 62.2 Å². The van der Waals surface area contributed by atoms with Gasteiger partial charge in [0.05, 0.1) is 24.0 Å². The Morgan fingerprint density at radius 3 is 2.78 bits per heavy atom. The number of benzene rings is 1. The van der Waals surface area contributed by atoms with E-state index >= 15 is 0 Å². The van der Waals surface area contributed by atoms with Crippen molar-refractivity contribution in [3.63, 3.8) is 0 Å². The van der Waals surface area contributed by atoms with Crippen LogP contribution in [0.1, 0.15) is 32.3 Å². The third-order valence-electron chi connectivity index (χ3n) is 4.41. The number of amidine groups is 1. The molecule has 0 spiro atoms. The Morgan fingerprint density at radius 2 is 2.07 bits per heavy atom. The topological polar surface area (TPSA) is 68.2 Å². The molecule has 0 aliphatic carbocycles. The molecule has 0 bridgehead atoms. The van der Waals surface area contributed by atoms with E-state index in [1.807, 2.05) is 49.1 Å². The molecule has 7 heteroatoms. The maximum atomic E-state index is 12.3. The fourth-order valence-electron chi connectivity index (χ4n) is 3.11. The van der Waals surface area contributed by atoms with E-state index in [0.29, 0.717) is 29.8 Å². The second-order valence-corrected chi connectivity index (χ2v) is 7.36. The fourth-order valence-corrected chi connectivity index (χ4v) is 4.06. The van der Waals surface area contributed by atoms with Gasteiger partial charge in [0.2, 0.25) is 0 Å². The van der Waals surface area contributed by atoms with Crippen LogP contribution in [0.25, 0.3) is 6.08 Å². The van der Waals surface area contributed by atoms with E-state index in [1.54, 1.807) is 0 Å². The standard InChI is InChI=1S/C20H24N2O4S/c1-3-25-16-9-7-14(8-10-16)12-17-18(23)21-20(27-17)22-11-5-6-15(13-22)19(24)26-4-2/h7-10,12,15H,3-6,11,13H2,1-2H3/b17-12-/t15-/m1/s1. The van der Waals surface area contributed by atoms with Crippen molar-refractivity contribution in [1.29, 1.82) is 0 Å². The van der Waals surface area contributed by atoms with Crippen LogP contribution in [0.3, 0.4) is 0 Å². The van der Waals surface area contributed by atoms with Crippen molar-refractivity contribution in [2.24, 2.45) is 10.9 Å². The fraction of sp³-hybridized carbons (Fsp3) is 0.450. The van der Waals surface area contributed by atoms with Gasteiger partial charge in [-0.3, -0.25) is 9.59 Å². The number of likely N-dealkylation sites (tertiary alicyclic amines) is 1. The molecule has 2 heterocycles. The average molecular weight is 388 g/mol. The van der Waals surface area contributed by atoms with Crippen LogP contribution in [0.5, 0.6) is 5.75 Å². The van der Waals surface area contributed by atoms with Crippen molar-refractivity contribution in [3.8, 4) is 5.75 Å². The lowest BCUT2D eigenvalue weighted by Gasteiger charge is -2.32. The zero-order chi connectivity index (χ0) is 19.2. The molecule has 1 amide bonds. The summed E-state index contributed by atoms with van der Waals surface area (Å²) in [5.41, 5.74) is 0.925. The van der Waals surface area contributed by atoms with Crippen molar-refractivity contribution < 1.29 is 19.1 Å². The number of piperidine rings is 1. The Balaban J connectivity index is 1.65. The summed E-state index contributed by atoms with van der Waals surface area (Å²) < 4.78 is 10.6. The van der Waals surface area contributed by atoms with E-state index < -0.39 is 0 Å². The van der Waals surface area contributed by atoms with Crippen LogP contribution in [0, 0.1) is 5.92 Å². The van der Waals surface area contributed by atoms with E-state index in [-0.39, 0.29) is 17.8 Å². The quantitative estimate of drug-likeness (QED) is 0.569. The predicted octanol–water partition coefficient (Wildman–Crippen LogP) is 3.33. The molecule has 144 valence electrons. The first kappa shape index (κ1) is 19.5. The summed E-state index contributed by atoms with van der Waals surface area (Å²) >= 11 is 1.37. The monoisotopic (exact) mass is 388 g/mol. The van der Waals surface area contributed by atoms with E-state index in [2.05, 4.69) is 4.99 Å². The van der Waals surface area contributed by atoms with Gasteiger partial charge in [-0.1, -0.05) is 12.1 Å². The van der Waals surface area contributed by atoms with Crippen LogP contribution in [-0.2, 0) is 14.3 Å². The number of nitrogens with zero attached hydrogens (tertiary/aromatic N) is 2. The molecule has 1 aromatic carbocycles. The number of esters is 1. The van der Waals surface area contributed by atoms with Crippen molar-refractivity contribution in [2.75, 3.05) is 26.3 Å². The van der Waals surface area contributed by atoms with Crippen LogP contribution >= 0.6 is 11.8 Å². The maximum Gasteiger partial charge on any atom is 0.310 e. The van der Waals surface area contributed by atoms with Gasteiger partial charge in [0.1, 0.15) is 5.75 Å². The summed E-state index contributed by atoms with van der Waals surface area (Å²) in [4.78, 5) is 31.1. The number of carbonyl (C=O) groups is 2. The zero-order valence-electron chi connectivity index (χ0n) is 15.6. The van der Waals surface area contributed by atoms with Crippen molar-refractivity contribution in [3.05, 3.63) is 34.7 Å². The first-order chi connectivity index (χ1) is 13.1. The molecule has 2 aliphatic heterocycles. The molecule has 6 nitrogen and oxygen atoms in total. The molecule has 1 fully saturated rings. The van der Waals surface area contributed by atoms with Crippen LogP contribution in [0.2, 0.25) is 0 Å². The molecule has 0 radical (unpaired) electrons. The average Bonchev–Trinajstić information content (AvgIpc) is 3.04. The van der Waals surface area contributed by atoms with E-state index in [1.165, 1.54) is 11.8 Å². The molecule has 1 aromatic rings. The number of carbonyl (C=O) groups excluding carboxylic acids is 2. The number of ether oxygens (including phenoxy) is 2. The third-order valence-corrected chi connectivity index (χ3v) is 5.45. The minimum absolute atomic E-state index is 0.156. The van der Waals surface area contributed by atoms with Crippen LogP contribution in [-0.4, -0.2) is 48.2 Å². The number of amides is 1. The summed E-state index contributed by atoms with van der Waals surface area (Å²) in [6.07, 6.45) is 3.54. The second kappa shape index (κ2) is 9.08. The van der Waals surface area contributed by atoms with E-state index in [9.17, 15) is 9.59 Å². The SMILES string of the molecule is CCOC(=O)[C@@H]1CCCN(C2=NC(=O)/C(=C/c3ccc(OCC)cc3)S2)C1. The Kier molecular flexibility index (Phi) is 6.55. The molecule has 3 rings (SSSR count). The summed E-state index contributed by atoms with van der Waals surface area (Å²) in [6, 6.07) is 7.61. The van der Waals surface area contributed by atoms with Gasteiger partial charge in [0.25, 0.3) is 5.91 Å². The molecule has 1 saturated heterocycles. The lowest BCUT2D eigenvalue weighted by atomic mass is 9.99. The van der Waals surface area contributed by atoms with E-state index in [0.717, 1.165) is 30.7 Å². The van der Waals surface area contributed by atoms with Gasteiger partial charge in [0, 0.05) is 13.1 Å². The van der Waals surface area contributed by atoms with Gasteiger partial charge in [-0.25, -0.2) is 0 Å². The largest absolute Gasteiger partial charge is 0.494 e. The minimum Gasteiger partial charge on any atom is -0.494 e. The highest BCUT2D eigenvalue weighted by atomic mass is 32.2. The number of hydrogen-bond donors (Lipinski definition) is 0. The maximum absolute atomic E-state index is 12.3. The molecule has 2 aliphatic rings. The molecule has 0 saturated carbocycles.